The van der Waals surface area contributed by atoms with Gasteiger partial charge < -0.3 is 14.6 Å². The lowest BCUT2D eigenvalue weighted by Crippen LogP contribution is -2.29. The van der Waals surface area contributed by atoms with E-state index in [-0.39, 0.29) is 28.4 Å². The number of benzene rings is 4. The molecular weight excluding hydrogens is 556 g/mol. The second-order valence-electron chi connectivity index (χ2n) is 10.1. The molecule has 0 fully saturated rings. The van der Waals surface area contributed by atoms with Crippen LogP contribution >= 0.6 is 0 Å². The van der Waals surface area contributed by atoms with Crippen molar-refractivity contribution in [1.82, 2.24) is 4.57 Å². The van der Waals surface area contributed by atoms with Gasteiger partial charge in [0, 0.05) is 29.2 Å². The lowest BCUT2D eigenvalue weighted by Gasteiger charge is -2.25. The Morgan fingerprint density at radius 1 is 0.905 bits per heavy atom. The van der Waals surface area contributed by atoms with Crippen molar-refractivity contribution in [3.63, 3.8) is 0 Å². The number of carbonyl (C=O) groups is 2. The molecule has 42 heavy (non-hydrogen) atoms. The Morgan fingerprint density at radius 3 is 2.31 bits per heavy atom. The predicted octanol–water partition coefficient (Wildman–Crippen LogP) is 5.41. The first-order valence-corrected chi connectivity index (χ1v) is 14.4. The van der Waals surface area contributed by atoms with E-state index in [1.54, 1.807) is 36.4 Å². The highest BCUT2D eigenvalue weighted by atomic mass is 32.2. The molecule has 0 bridgehead atoms. The Hall–Kier alpha value is -5.06. The predicted molar refractivity (Wildman–Crippen MR) is 158 cm³/mol. The minimum Gasteiger partial charge on any atom is -0.457 e. The molecule has 0 atom stereocenters. The largest absolute Gasteiger partial charge is 0.457 e. The molecule has 4 aromatic carbocycles. The highest BCUT2D eigenvalue weighted by molar-refractivity contribution is 7.85. The van der Waals surface area contributed by atoms with Gasteiger partial charge in [0.25, 0.3) is 15.7 Å². The summed E-state index contributed by atoms with van der Waals surface area (Å²) in [5.74, 6) is -1.11. The van der Waals surface area contributed by atoms with E-state index in [9.17, 15) is 27.4 Å². The quantitative estimate of drug-likeness (QED) is 0.198. The van der Waals surface area contributed by atoms with Gasteiger partial charge in [-0.15, -0.1) is 0 Å². The Labute approximate surface area is 240 Å². The van der Waals surface area contributed by atoms with Crippen LogP contribution in [0.15, 0.2) is 94.6 Å². The zero-order valence-electron chi connectivity index (χ0n) is 22.5. The summed E-state index contributed by atoms with van der Waals surface area (Å²) in [6.45, 7) is 1.90. The maximum atomic E-state index is 14.0. The van der Waals surface area contributed by atoms with Gasteiger partial charge in [0.15, 0.2) is 5.78 Å². The maximum Gasteiger partial charge on any atom is 0.344 e. The lowest BCUT2D eigenvalue weighted by atomic mass is 9.81. The van der Waals surface area contributed by atoms with Crippen molar-refractivity contribution in [2.24, 2.45) is 7.05 Å². The van der Waals surface area contributed by atoms with Crippen molar-refractivity contribution in [3.8, 4) is 11.1 Å². The average molecular weight is 581 g/mol. The fourth-order valence-corrected chi connectivity index (χ4v) is 5.83. The number of nitrogens with one attached hydrogen (secondary N) is 1. The minimum absolute atomic E-state index is 0.0320. The molecule has 1 aliphatic carbocycles. The van der Waals surface area contributed by atoms with Gasteiger partial charge in [-0.1, -0.05) is 54.1 Å². The number of aromatic nitrogens is 1. The summed E-state index contributed by atoms with van der Waals surface area (Å²) in [6, 6.07) is 23.0. The van der Waals surface area contributed by atoms with E-state index in [2.05, 4.69) is 5.32 Å². The van der Waals surface area contributed by atoms with Crippen LogP contribution in [0.1, 0.15) is 37.4 Å². The SMILES string of the molecule is Cc1cccc(COC(=O)c2c3c4c(c(Nc5ccc(S(=O)(=O)O)cc5)ccc4n(C)c2=O)C(=O)c2ccccc2-3)c1. The molecule has 2 N–H and O–H groups in total. The number of ether oxygens (including phenoxy) is 1. The molecule has 0 unspecified atom stereocenters. The molecule has 1 heterocycles. The molecule has 5 aromatic rings. The number of aryl methyl sites for hydroxylation is 2. The van der Waals surface area contributed by atoms with Gasteiger partial charge in [0.1, 0.15) is 12.2 Å². The van der Waals surface area contributed by atoms with E-state index >= 15 is 0 Å². The molecule has 0 saturated carbocycles. The fraction of sp³-hybridized carbons (Fsp3) is 0.0938. The summed E-state index contributed by atoms with van der Waals surface area (Å²) in [6.07, 6.45) is 0. The summed E-state index contributed by atoms with van der Waals surface area (Å²) < 4.78 is 39.2. The molecule has 0 radical (unpaired) electrons. The lowest BCUT2D eigenvalue weighted by molar-refractivity contribution is 0.0471. The van der Waals surface area contributed by atoms with E-state index in [1.807, 2.05) is 31.2 Å². The summed E-state index contributed by atoms with van der Waals surface area (Å²) in [5, 5.41) is 3.57. The number of pyridine rings is 1. The first-order valence-electron chi connectivity index (χ1n) is 13.0. The number of ketones is 1. The van der Waals surface area contributed by atoms with Crippen LogP contribution in [0.2, 0.25) is 0 Å². The fourth-order valence-electron chi connectivity index (χ4n) is 5.35. The van der Waals surface area contributed by atoms with Crippen LogP contribution in [0, 0.1) is 6.92 Å². The number of rotatable bonds is 6. The topological polar surface area (TPSA) is 132 Å². The highest BCUT2D eigenvalue weighted by Gasteiger charge is 2.34. The first kappa shape index (κ1) is 27.1. The average Bonchev–Trinajstić information content (AvgIpc) is 2.96. The standard InChI is InChI=1S/C32H24N2O7S/c1-18-6-5-7-19(16-18)17-41-32(37)29-26-22-8-3-4-9-23(22)30(35)27-24(14-15-25(28(26)27)34(2)31(29)36)33-20-10-12-21(13-11-20)42(38,39)40/h3-16,33H,17H2,1-2H3,(H,38,39,40). The second kappa shape index (κ2) is 10.1. The van der Waals surface area contributed by atoms with Gasteiger partial charge in [-0.2, -0.15) is 8.42 Å². The molecular formula is C32H24N2O7S. The van der Waals surface area contributed by atoms with E-state index < -0.39 is 21.6 Å². The molecule has 10 heteroatoms. The summed E-state index contributed by atoms with van der Waals surface area (Å²) in [4.78, 5) is 41.0. The Morgan fingerprint density at radius 2 is 1.62 bits per heavy atom. The third-order valence-electron chi connectivity index (χ3n) is 7.32. The molecule has 9 nitrogen and oxygen atoms in total. The smallest absolute Gasteiger partial charge is 0.344 e. The van der Waals surface area contributed by atoms with Crippen LogP contribution in [0.4, 0.5) is 11.4 Å². The normalized spacial score (nSPS) is 12.2. The molecule has 0 saturated heterocycles. The Kier molecular flexibility index (Phi) is 6.52. The second-order valence-corrected chi connectivity index (χ2v) is 11.5. The van der Waals surface area contributed by atoms with Crippen LogP contribution in [-0.2, 0) is 28.5 Å². The van der Waals surface area contributed by atoms with Crippen molar-refractivity contribution >= 4 is 44.1 Å². The number of anilines is 2. The highest BCUT2D eigenvalue weighted by Crippen LogP contribution is 2.43. The zero-order chi connectivity index (χ0) is 29.8. The summed E-state index contributed by atoms with van der Waals surface area (Å²) in [7, 11) is -2.84. The Balaban J connectivity index is 1.54. The zero-order valence-corrected chi connectivity index (χ0v) is 23.4. The van der Waals surface area contributed by atoms with Gasteiger partial charge in [0.05, 0.1) is 21.7 Å². The molecule has 0 aliphatic heterocycles. The first-order chi connectivity index (χ1) is 20.0. The van der Waals surface area contributed by atoms with Crippen LogP contribution in [0.3, 0.4) is 0 Å². The minimum atomic E-state index is -4.38. The van der Waals surface area contributed by atoms with Crippen molar-refractivity contribution < 1.29 is 27.3 Å². The van der Waals surface area contributed by atoms with Crippen molar-refractivity contribution in [2.45, 2.75) is 18.4 Å². The van der Waals surface area contributed by atoms with Gasteiger partial charge in [0.2, 0.25) is 0 Å². The molecule has 1 aromatic heterocycles. The maximum absolute atomic E-state index is 14.0. The molecule has 210 valence electrons. The van der Waals surface area contributed by atoms with Gasteiger partial charge >= 0.3 is 5.97 Å². The molecule has 0 amide bonds. The van der Waals surface area contributed by atoms with Gasteiger partial charge in [-0.05, 0) is 54.4 Å². The molecule has 6 rings (SSSR count). The number of esters is 1. The molecule has 1 aliphatic rings. The number of carbonyl (C=O) groups excluding carboxylic acids is 2. The van der Waals surface area contributed by atoms with E-state index in [1.165, 1.54) is 35.9 Å². The van der Waals surface area contributed by atoms with Crippen LogP contribution in [0.5, 0.6) is 0 Å². The van der Waals surface area contributed by atoms with Gasteiger partial charge in [-0.3, -0.25) is 14.1 Å². The Bertz CT molecular complexity index is 2110. The van der Waals surface area contributed by atoms with Crippen LogP contribution in [-0.4, -0.2) is 29.3 Å². The van der Waals surface area contributed by atoms with E-state index in [4.69, 9.17) is 4.74 Å². The van der Waals surface area contributed by atoms with Crippen LogP contribution < -0.4 is 10.9 Å². The van der Waals surface area contributed by atoms with Crippen LogP contribution in [0.25, 0.3) is 22.0 Å². The van der Waals surface area contributed by atoms with Gasteiger partial charge in [-0.25, -0.2) is 4.79 Å². The van der Waals surface area contributed by atoms with Crippen molar-refractivity contribution in [3.05, 3.63) is 123 Å². The number of fused-ring (bicyclic) bond motifs is 2. The van der Waals surface area contributed by atoms with Crippen molar-refractivity contribution in [2.75, 3.05) is 5.32 Å². The number of hydrogen-bond donors (Lipinski definition) is 2. The van der Waals surface area contributed by atoms with Crippen molar-refractivity contribution in [1.29, 1.82) is 0 Å². The monoisotopic (exact) mass is 580 g/mol. The van der Waals surface area contributed by atoms with E-state index in [0.29, 0.717) is 39.0 Å². The molecule has 0 spiro atoms. The summed E-state index contributed by atoms with van der Waals surface area (Å²) in [5.41, 5.74) is 3.70. The van der Waals surface area contributed by atoms with E-state index in [0.717, 1.165) is 11.1 Å². The third-order valence-corrected chi connectivity index (χ3v) is 8.19. The number of nitrogens with zero attached hydrogens (tertiary/aromatic N) is 1. The summed E-state index contributed by atoms with van der Waals surface area (Å²) >= 11 is 0. The number of hydrogen-bond acceptors (Lipinski definition) is 7. The third kappa shape index (κ3) is 4.56.